The maximum absolute atomic E-state index is 12.1. The van der Waals surface area contributed by atoms with Crippen LogP contribution in [-0.4, -0.2) is 41.2 Å². The zero-order valence-electron chi connectivity index (χ0n) is 13.1. The summed E-state index contributed by atoms with van der Waals surface area (Å²) in [6.45, 7) is 1.31. The van der Waals surface area contributed by atoms with Gasteiger partial charge in [0.2, 0.25) is 5.91 Å². The van der Waals surface area contributed by atoms with E-state index in [9.17, 15) is 4.79 Å². The first-order chi connectivity index (χ1) is 11.8. The molecule has 0 saturated carbocycles. The summed E-state index contributed by atoms with van der Waals surface area (Å²) in [6.07, 6.45) is 3.45. The Morgan fingerprint density at radius 2 is 2.33 bits per heavy atom. The Hall–Kier alpha value is -1.64. The number of anilines is 1. The predicted octanol–water partition coefficient (Wildman–Crippen LogP) is 3.22. The van der Waals surface area contributed by atoms with Crippen LogP contribution < -0.4 is 10.1 Å². The molecule has 1 aromatic heterocycles. The van der Waals surface area contributed by atoms with Gasteiger partial charge in [-0.2, -0.15) is 0 Å². The van der Waals surface area contributed by atoms with Crippen molar-refractivity contribution in [3.8, 4) is 5.75 Å². The van der Waals surface area contributed by atoms with E-state index in [2.05, 4.69) is 15.5 Å². The normalized spacial score (nSPS) is 17.4. The van der Waals surface area contributed by atoms with E-state index in [1.54, 1.807) is 5.51 Å². The summed E-state index contributed by atoms with van der Waals surface area (Å²) in [5.41, 5.74) is 2.33. The molecule has 0 bridgehead atoms. The Bertz CT molecular complexity index is 646. The van der Waals surface area contributed by atoms with Gasteiger partial charge in [-0.3, -0.25) is 4.79 Å². The van der Waals surface area contributed by atoms with Crippen LogP contribution in [0.4, 0.5) is 5.69 Å². The summed E-state index contributed by atoms with van der Waals surface area (Å²) in [6, 6.07) is 7.46. The van der Waals surface area contributed by atoms with Gasteiger partial charge in [-0.1, -0.05) is 35.2 Å². The number of rotatable bonds is 7. The fourth-order valence-corrected chi connectivity index (χ4v) is 3.65. The Kier molecular flexibility index (Phi) is 6.45. The second-order valence-corrected chi connectivity index (χ2v) is 7.39. The summed E-state index contributed by atoms with van der Waals surface area (Å²) in [7, 11) is 0. The minimum atomic E-state index is -0.0971. The smallest absolute Gasteiger partial charge is 0.234 e. The molecule has 1 N–H and O–H groups in total. The number of nitrogens with zero attached hydrogens (tertiary/aromatic N) is 2. The van der Waals surface area contributed by atoms with Crippen molar-refractivity contribution in [1.29, 1.82) is 0 Å². The van der Waals surface area contributed by atoms with E-state index in [-0.39, 0.29) is 17.8 Å². The number of benzene rings is 1. The molecule has 1 unspecified atom stereocenters. The van der Waals surface area contributed by atoms with E-state index >= 15 is 0 Å². The van der Waals surface area contributed by atoms with E-state index in [0.717, 1.165) is 23.8 Å². The van der Waals surface area contributed by atoms with Crippen LogP contribution >= 0.6 is 23.1 Å². The van der Waals surface area contributed by atoms with Crippen molar-refractivity contribution in [3.05, 3.63) is 29.8 Å². The van der Waals surface area contributed by atoms with Gasteiger partial charge < -0.3 is 14.8 Å². The molecule has 1 aromatic carbocycles. The number of hydrogen-bond acceptors (Lipinski definition) is 7. The standard InChI is InChI=1S/C16H19N3O3S2/c20-15(10-23-16-19-17-11-24-16)18-13-6-1-2-7-14(13)22-9-12-5-3-4-8-21-12/h1-2,6-7,11-12H,3-5,8-10H2,(H,18,20). The number of hydrogen-bond donors (Lipinski definition) is 1. The molecule has 2 heterocycles. The molecule has 1 amide bonds. The molecule has 8 heteroatoms. The maximum Gasteiger partial charge on any atom is 0.234 e. The van der Waals surface area contributed by atoms with Crippen LogP contribution in [0.3, 0.4) is 0 Å². The van der Waals surface area contributed by atoms with Gasteiger partial charge in [0.15, 0.2) is 4.34 Å². The Balaban J connectivity index is 1.51. The summed E-state index contributed by atoms with van der Waals surface area (Å²) in [4.78, 5) is 12.1. The van der Waals surface area contributed by atoms with Gasteiger partial charge in [0.25, 0.3) is 0 Å². The molecular formula is C16H19N3O3S2. The van der Waals surface area contributed by atoms with Crippen LogP contribution in [0, 0.1) is 0 Å². The molecule has 1 aliphatic rings. The minimum absolute atomic E-state index is 0.0971. The van der Waals surface area contributed by atoms with Crippen LogP contribution in [0.2, 0.25) is 0 Å². The van der Waals surface area contributed by atoms with E-state index in [1.165, 1.54) is 29.5 Å². The second-order valence-electron chi connectivity index (χ2n) is 5.34. The first-order valence-electron chi connectivity index (χ1n) is 7.83. The van der Waals surface area contributed by atoms with Crippen molar-refractivity contribution in [3.63, 3.8) is 0 Å². The van der Waals surface area contributed by atoms with Gasteiger partial charge in [-0.05, 0) is 31.4 Å². The molecule has 0 radical (unpaired) electrons. The van der Waals surface area contributed by atoms with Crippen LogP contribution in [0.15, 0.2) is 34.1 Å². The van der Waals surface area contributed by atoms with Crippen molar-refractivity contribution in [2.45, 2.75) is 29.7 Å². The number of carbonyl (C=O) groups is 1. The molecule has 1 aliphatic heterocycles. The van der Waals surface area contributed by atoms with Crippen molar-refractivity contribution in [1.82, 2.24) is 10.2 Å². The summed E-state index contributed by atoms with van der Waals surface area (Å²) < 4.78 is 12.3. The highest BCUT2D eigenvalue weighted by atomic mass is 32.2. The molecule has 128 valence electrons. The average Bonchev–Trinajstić information content (AvgIpc) is 3.14. The highest BCUT2D eigenvalue weighted by Crippen LogP contribution is 2.26. The number of thioether (sulfide) groups is 1. The third-order valence-electron chi connectivity index (χ3n) is 3.53. The Labute approximate surface area is 149 Å². The second kappa shape index (κ2) is 9.00. The molecular weight excluding hydrogens is 346 g/mol. The Morgan fingerprint density at radius 1 is 1.42 bits per heavy atom. The zero-order valence-corrected chi connectivity index (χ0v) is 14.8. The zero-order chi connectivity index (χ0) is 16.6. The van der Waals surface area contributed by atoms with Crippen molar-refractivity contribution in [2.24, 2.45) is 0 Å². The van der Waals surface area contributed by atoms with E-state index < -0.39 is 0 Å². The third-order valence-corrected chi connectivity index (χ3v) is 5.39. The van der Waals surface area contributed by atoms with Crippen LogP contribution in [-0.2, 0) is 9.53 Å². The molecule has 6 nitrogen and oxygen atoms in total. The quantitative estimate of drug-likeness (QED) is 0.760. The van der Waals surface area contributed by atoms with Gasteiger partial charge in [-0.25, -0.2) is 0 Å². The number of aromatic nitrogens is 2. The topological polar surface area (TPSA) is 73.3 Å². The fourth-order valence-electron chi connectivity index (χ4n) is 2.36. The molecule has 1 fully saturated rings. The summed E-state index contributed by atoms with van der Waals surface area (Å²) in [5.74, 6) is 0.857. The Morgan fingerprint density at radius 3 is 3.12 bits per heavy atom. The van der Waals surface area contributed by atoms with Gasteiger partial charge in [0, 0.05) is 6.61 Å². The van der Waals surface area contributed by atoms with Crippen molar-refractivity contribution >= 4 is 34.7 Å². The molecule has 3 rings (SSSR count). The van der Waals surface area contributed by atoms with Gasteiger partial charge in [-0.15, -0.1) is 10.2 Å². The highest BCUT2D eigenvalue weighted by molar-refractivity contribution is 8.01. The molecule has 2 aromatic rings. The third kappa shape index (κ3) is 5.19. The lowest BCUT2D eigenvalue weighted by Gasteiger charge is -2.23. The monoisotopic (exact) mass is 365 g/mol. The molecule has 24 heavy (non-hydrogen) atoms. The maximum atomic E-state index is 12.1. The number of nitrogens with one attached hydrogen (secondary N) is 1. The molecule has 0 aliphatic carbocycles. The van der Waals surface area contributed by atoms with E-state index in [0.29, 0.717) is 18.0 Å². The van der Waals surface area contributed by atoms with Crippen LogP contribution in [0.5, 0.6) is 5.75 Å². The highest BCUT2D eigenvalue weighted by Gasteiger charge is 2.16. The first-order valence-corrected chi connectivity index (χ1v) is 9.70. The summed E-state index contributed by atoms with van der Waals surface area (Å²) in [5, 5.41) is 10.5. The fraction of sp³-hybridized carbons (Fsp3) is 0.438. The van der Waals surface area contributed by atoms with E-state index in [1.807, 2.05) is 24.3 Å². The SMILES string of the molecule is O=C(CSc1nncs1)Nc1ccccc1OCC1CCCCO1. The first kappa shape index (κ1) is 17.2. The lowest BCUT2D eigenvalue weighted by Crippen LogP contribution is -2.26. The molecule has 1 saturated heterocycles. The average molecular weight is 365 g/mol. The molecule has 0 spiro atoms. The number of para-hydroxylation sites is 2. The van der Waals surface area contributed by atoms with E-state index in [4.69, 9.17) is 9.47 Å². The largest absolute Gasteiger partial charge is 0.489 e. The number of ether oxygens (including phenoxy) is 2. The number of carbonyl (C=O) groups excluding carboxylic acids is 1. The number of amides is 1. The van der Waals surface area contributed by atoms with Crippen LogP contribution in [0.1, 0.15) is 19.3 Å². The lowest BCUT2D eigenvalue weighted by atomic mass is 10.1. The van der Waals surface area contributed by atoms with Crippen LogP contribution in [0.25, 0.3) is 0 Å². The lowest BCUT2D eigenvalue weighted by molar-refractivity contribution is -0.113. The minimum Gasteiger partial charge on any atom is -0.489 e. The van der Waals surface area contributed by atoms with Gasteiger partial charge >= 0.3 is 0 Å². The van der Waals surface area contributed by atoms with Gasteiger partial charge in [0.1, 0.15) is 17.9 Å². The predicted molar refractivity (Wildman–Crippen MR) is 94.8 cm³/mol. The van der Waals surface area contributed by atoms with Crippen molar-refractivity contribution < 1.29 is 14.3 Å². The van der Waals surface area contributed by atoms with Crippen molar-refractivity contribution in [2.75, 3.05) is 24.3 Å². The van der Waals surface area contributed by atoms with Gasteiger partial charge in [0.05, 0.1) is 17.5 Å². The molecule has 1 atom stereocenters. The summed E-state index contributed by atoms with van der Waals surface area (Å²) >= 11 is 2.79.